The van der Waals surface area contributed by atoms with Gasteiger partial charge in [-0.1, -0.05) is 25.0 Å². The van der Waals surface area contributed by atoms with Crippen LogP contribution in [0.2, 0.25) is 0 Å². The summed E-state index contributed by atoms with van der Waals surface area (Å²) in [5.74, 6) is 3.29. The molecule has 0 amide bonds. The van der Waals surface area contributed by atoms with E-state index in [2.05, 4.69) is 12.2 Å². The molecule has 0 aromatic heterocycles. The summed E-state index contributed by atoms with van der Waals surface area (Å²) in [5.41, 5.74) is 0. The van der Waals surface area contributed by atoms with Crippen molar-refractivity contribution in [3.05, 3.63) is 12.2 Å². The summed E-state index contributed by atoms with van der Waals surface area (Å²) in [5, 5.41) is 0. The van der Waals surface area contributed by atoms with Crippen molar-refractivity contribution in [2.45, 2.75) is 44.9 Å². The lowest BCUT2D eigenvalue weighted by Gasteiger charge is -2.41. The lowest BCUT2D eigenvalue weighted by molar-refractivity contribution is -0.125. The van der Waals surface area contributed by atoms with Crippen LogP contribution in [0.4, 0.5) is 0 Å². The third-order valence-electron chi connectivity index (χ3n) is 4.80. The van der Waals surface area contributed by atoms with E-state index in [0.717, 1.165) is 37.0 Å². The molecule has 0 aromatic carbocycles. The molecule has 0 unspecified atom stereocenters. The van der Waals surface area contributed by atoms with Crippen molar-refractivity contribution in [3.63, 3.8) is 0 Å². The highest BCUT2D eigenvalue weighted by molar-refractivity contribution is 5.82. The lowest BCUT2D eigenvalue weighted by Crippen LogP contribution is -2.37. The van der Waals surface area contributed by atoms with E-state index in [1.54, 1.807) is 0 Å². The molecule has 0 aromatic rings. The van der Waals surface area contributed by atoms with Crippen molar-refractivity contribution in [1.29, 1.82) is 0 Å². The standard InChI is InChI=1S/C14H20O/c15-13-9-3-7-11-5-1-4-10-6-2-8-12(13)14(10)11/h2,6,10-12,14H,1,3-5,7-9H2/t10-,11+,12-,14-/m0/s1. The van der Waals surface area contributed by atoms with Crippen LogP contribution >= 0.6 is 0 Å². The average Bonchev–Trinajstić information content (AvgIpc) is 2.42. The molecule has 3 rings (SSSR count). The molecule has 4 atom stereocenters. The third-order valence-corrected chi connectivity index (χ3v) is 4.80. The first-order valence-electron chi connectivity index (χ1n) is 6.55. The fraction of sp³-hybridized carbons (Fsp3) is 0.786. The van der Waals surface area contributed by atoms with Crippen LogP contribution in [0.25, 0.3) is 0 Å². The number of carbonyl (C=O) groups is 1. The van der Waals surface area contributed by atoms with Crippen LogP contribution in [-0.4, -0.2) is 5.78 Å². The van der Waals surface area contributed by atoms with Crippen LogP contribution in [0.15, 0.2) is 12.2 Å². The van der Waals surface area contributed by atoms with E-state index in [4.69, 9.17) is 0 Å². The van der Waals surface area contributed by atoms with E-state index in [1.807, 2.05) is 0 Å². The van der Waals surface area contributed by atoms with Gasteiger partial charge in [0.2, 0.25) is 0 Å². The summed E-state index contributed by atoms with van der Waals surface area (Å²) in [6, 6.07) is 0. The molecule has 0 bridgehead atoms. The summed E-state index contributed by atoms with van der Waals surface area (Å²) in [6.45, 7) is 0. The molecule has 0 N–H and O–H groups in total. The van der Waals surface area contributed by atoms with Gasteiger partial charge in [0.25, 0.3) is 0 Å². The van der Waals surface area contributed by atoms with Gasteiger partial charge >= 0.3 is 0 Å². The third kappa shape index (κ3) is 1.56. The maximum atomic E-state index is 12.0. The molecule has 82 valence electrons. The van der Waals surface area contributed by atoms with Crippen molar-refractivity contribution in [2.75, 3.05) is 0 Å². The maximum Gasteiger partial charge on any atom is 0.136 e. The number of allylic oxidation sites excluding steroid dienone is 2. The first-order chi connectivity index (χ1) is 7.36. The Kier molecular flexibility index (Phi) is 2.42. The Labute approximate surface area is 91.9 Å². The molecular weight excluding hydrogens is 184 g/mol. The first-order valence-corrected chi connectivity index (χ1v) is 6.55. The van der Waals surface area contributed by atoms with Crippen LogP contribution in [0.5, 0.6) is 0 Å². The molecule has 0 radical (unpaired) electrons. The van der Waals surface area contributed by atoms with Gasteiger partial charge in [-0.2, -0.15) is 0 Å². The summed E-state index contributed by atoms with van der Waals surface area (Å²) < 4.78 is 0. The minimum absolute atomic E-state index is 0.396. The van der Waals surface area contributed by atoms with Gasteiger partial charge in [0.15, 0.2) is 0 Å². The fourth-order valence-corrected chi connectivity index (χ4v) is 4.17. The zero-order valence-corrected chi connectivity index (χ0v) is 9.32. The van der Waals surface area contributed by atoms with E-state index in [0.29, 0.717) is 11.7 Å². The van der Waals surface area contributed by atoms with Crippen LogP contribution in [0.3, 0.4) is 0 Å². The van der Waals surface area contributed by atoms with Gasteiger partial charge in [0.05, 0.1) is 0 Å². The Morgan fingerprint density at radius 3 is 2.93 bits per heavy atom. The second-order valence-corrected chi connectivity index (χ2v) is 5.56. The minimum Gasteiger partial charge on any atom is -0.299 e. The molecule has 3 aliphatic carbocycles. The number of hydrogen-bond acceptors (Lipinski definition) is 1. The summed E-state index contributed by atoms with van der Waals surface area (Å²) in [6.07, 6.45) is 13.2. The maximum absolute atomic E-state index is 12.0. The molecule has 2 saturated carbocycles. The van der Waals surface area contributed by atoms with Crippen molar-refractivity contribution in [1.82, 2.24) is 0 Å². The molecule has 0 heterocycles. The lowest BCUT2D eigenvalue weighted by atomic mass is 9.62. The second-order valence-electron chi connectivity index (χ2n) is 5.56. The van der Waals surface area contributed by atoms with Crippen LogP contribution in [0.1, 0.15) is 44.9 Å². The monoisotopic (exact) mass is 204 g/mol. The molecule has 0 saturated heterocycles. The van der Waals surface area contributed by atoms with Gasteiger partial charge in [-0.25, -0.2) is 0 Å². The van der Waals surface area contributed by atoms with Gasteiger partial charge < -0.3 is 0 Å². The van der Waals surface area contributed by atoms with Crippen LogP contribution in [0, 0.1) is 23.7 Å². The van der Waals surface area contributed by atoms with Gasteiger partial charge in [-0.15, -0.1) is 0 Å². The highest BCUT2D eigenvalue weighted by Gasteiger charge is 2.42. The second kappa shape index (κ2) is 3.77. The van der Waals surface area contributed by atoms with Crippen LogP contribution in [-0.2, 0) is 4.79 Å². The first kappa shape index (κ1) is 9.62. The SMILES string of the molecule is O=C1CCC[C@H]2CCC[C@H]3C=CC[C@@H]1[C@H]23. The molecule has 0 spiro atoms. The number of ketones is 1. The minimum atomic E-state index is 0.396. The fourth-order valence-electron chi connectivity index (χ4n) is 4.17. The van der Waals surface area contributed by atoms with Crippen molar-refractivity contribution in [3.8, 4) is 0 Å². The van der Waals surface area contributed by atoms with E-state index in [-0.39, 0.29) is 0 Å². The Morgan fingerprint density at radius 2 is 2.00 bits per heavy atom. The quantitative estimate of drug-likeness (QED) is 0.553. The van der Waals surface area contributed by atoms with E-state index >= 15 is 0 Å². The Bertz CT molecular complexity index is 292. The predicted molar refractivity (Wildman–Crippen MR) is 60.4 cm³/mol. The Balaban J connectivity index is 1.94. The van der Waals surface area contributed by atoms with E-state index in [1.165, 1.54) is 25.7 Å². The van der Waals surface area contributed by atoms with Crippen molar-refractivity contribution in [2.24, 2.45) is 23.7 Å². The smallest absolute Gasteiger partial charge is 0.136 e. The molecule has 1 heteroatoms. The summed E-state index contributed by atoms with van der Waals surface area (Å²) >= 11 is 0. The molecule has 0 aliphatic heterocycles. The number of rotatable bonds is 0. The van der Waals surface area contributed by atoms with E-state index < -0.39 is 0 Å². The van der Waals surface area contributed by atoms with Crippen molar-refractivity contribution < 1.29 is 4.79 Å². The molecule has 15 heavy (non-hydrogen) atoms. The summed E-state index contributed by atoms with van der Waals surface area (Å²) in [7, 11) is 0. The highest BCUT2D eigenvalue weighted by atomic mass is 16.1. The zero-order chi connectivity index (χ0) is 10.3. The Hall–Kier alpha value is -0.590. The molecule has 1 nitrogen and oxygen atoms in total. The van der Waals surface area contributed by atoms with Crippen LogP contribution < -0.4 is 0 Å². The number of hydrogen-bond donors (Lipinski definition) is 0. The number of Topliss-reactive ketones (excluding diaryl/α,β-unsaturated/α-hetero) is 1. The molecule has 3 aliphatic rings. The summed E-state index contributed by atoms with van der Waals surface area (Å²) in [4.78, 5) is 12.0. The molecule has 2 fully saturated rings. The zero-order valence-electron chi connectivity index (χ0n) is 9.32. The van der Waals surface area contributed by atoms with Gasteiger partial charge in [-0.3, -0.25) is 4.79 Å². The predicted octanol–water partition coefficient (Wildman–Crippen LogP) is 3.35. The van der Waals surface area contributed by atoms with E-state index in [9.17, 15) is 4.79 Å². The molecular formula is C14H20O. The largest absolute Gasteiger partial charge is 0.299 e. The van der Waals surface area contributed by atoms with Gasteiger partial charge in [0.1, 0.15) is 5.78 Å². The average molecular weight is 204 g/mol. The van der Waals surface area contributed by atoms with Crippen molar-refractivity contribution >= 4 is 5.78 Å². The van der Waals surface area contributed by atoms with Gasteiger partial charge in [-0.05, 0) is 43.4 Å². The Morgan fingerprint density at radius 1 is 1.13 bits per heavy atom. The highest BCUT2D eigenvalue weighted by Crippen LogP contribution is 2.48. The topological polar surface area (TPSA) is 17.1 Å². The number of carbonyl (C=O) groups excluding carboxylic acids is 1. The van der Waals surface area contributed by atoms with Gasteiger partial charge in [0, 0.05) is 12.3 Å². The normalized spacial score (nSPS) is 44.7.